The highest BCUT2D eigenvalue weighted by molar-refractivity contribution is 7.00. The number of hydrogen-bond acceptors (Lipinski definition) is 2. The molecule has 0 fully saturated rings. The molecule has 98 heavy (non-hydrogen) atoms. The molecule has 4 aliphatic rings. The maximum Gasteiger partial charge on any atom is 0.252 e. The molecule has 15 aromatic carbocycles. The van der Waals surface area contributed by atoms with Gasteiger partial charge in [0.2, 0.25) is 0 Å². The molecule has 0 atom stereocenters. The number of benzene rings is 15. The third kappa shape index (κ3) is 7.29. The summed E-state index contributed by atoms with van der Waals surface area (Å²) in [5.74, 6) is 0. The van der Waals surface area contributed by atoms with Crippen molar-refractivity contribution in [3.8, 4) is 66.8 Å². The van der Waals surface area contributed by atoms with Crippen molar-refractivity contribution in [2.75, 3.05) is 9.80 Å². The number of fused-ring (bicyclic) bond motifs is 18. The predicted molar refractivity (Wildman–Crippen MR) is 415 cm³/mol. The van der Waals surface area contributed by atoms with Gasteiger partial charge in [0.15, 0.2) is 0 Å². The minimum atomic E-state index is -0.448. The molecule has 4 aliphatic heterocycles. The summed E-state index contributed by atoms with van der Waals surface area (Å²) in [4.78, 5) is 5.41. The van der Waals surface area contributed by atoms with E-state index in [4.69, 9.17) is 0 Å². The Morgan fingerprint density at radius 3 is 1.02 bits per heavy atom. The maximum atomic E-state index is 2.71. The van der Waals surface area contributed by atoms with Crippen LogP contribution in [0.1, 0.15) is 25.0 Å². The molecular weight excluding hydrogens is 1180 g/mol. The minimum absolute atomic E-state index is 0.179. The maximum absolute atomic E-state index is 2.71. The Morgan fingerprint density at radius 1 is 0.245 bits per heavy atom. The highest BCUT2D eigenvalue weighted by Crippen LogP contribution is 2.56. The average Bonchev–Trinajstić information content (AvgIpc) is 0.809. The zero-order chi connectivity index (χ0) is 64.2. The molecule has 0 saturated carbocycles. The van der Waals surface area contributed by atoms with Crippen LogP contribution in [-0.4, -0.2) is 15.5 Å². The van der Waals surface area contributed by atoms with Gasteiger partial charge < -0.3 is 18.6 Å². The summed E-state index contributed by atoms with van der Waals surface area (Å²) in [5, 5.41) is 10.2. The van der Waals surface area contributed by atoms with Crippen molar-refractivity contribution in [1.29, 1.82) is 0 Å². The Morgan fingerprint density at radius 2 is 0.582 bits per heavy atom. The molecule has 0 saturated heterocycles. The molecule has 23 rings (SSSR count). The van der Waals surface area contributed by atoms with Gasteiger partial charge in [0.1, 0.15) is 0 Å². The molecule has 0 spiro atoms. The van der Waals surface area contributed by atoms with Crippen LogP contribution in [0.5, 0.6) is 0 Å². The van der Waals surface area contributed by atoms with E-state index in [2.05, 4.69) is 354 Å². The third-order valence-electron chi connectivity index (χ3n) is 22.6. The van der Waals surface area contributed by atoms with Gasteiger partial charge in [0.25, 0.3) is 6.71 Å². The van der Waals surface area contributed by atoms with Crippen LogP contribution >= 0.6 is 0 Å². The van der Waals surface area contributed by atoms with Crippen LogP contribution in [0.4, 0.5) is 34.1 Å². The molecule has 4 nitrogen and oxygen atoms in total. The van der Waals surface area contributed by atoms with Gasteiger partial charge in [0.05, 0.1) is 44.5 Å². The van der Waals surface area contributed by atoms with E-state index < -0.39 is 5.41 Å². The summed E-state index contributed by atoms with van der Waals surface area (Å²) in [7, 11) is 0. The average molecular weight is 1240 g/mol. The zero-order valence-electron chi connectivity index (χ0n) is 54.0. The van der Waals surface area contributed by atoms with Crippen LogP contribution in [0.3, 0.4) is 0 Å². The first-order chi connectivity index (χ1) is 48.4. The predicted octanol–water partition coefficient (Wildman–Crippen LogP) is 22.7. The summed E-state index contributed by atoms with van der Waals surface area (Å²) in [5.41, 5.74) is 34.3. The van der Waals surface area contributed by atoms with E-state index >= 15 is 0 Å². The number of nitrogens with zero attached hydrogens (tertiary/aromatic N) is 4. The normalized spacial score (nSPS) is 13.6. The van der Waals surface area contributed by atoms with E-state index in [1.165, 1.54) is 160 Å². The lowest BCUT2D eigenvalue weighted by atomic mass is 9.33. The van der Waals surface area contributed by atoms with Gasteiger partial charge in [-0.25, -0.2) is 0 Å². The molecule has 0 unspecified atom stereocenters. The molecule has 0 amide bonds. The quantitative estimate of drug-likeness (QED) is 0.154. The number of aromatic nitrogens is 2. The molecular formula is C93H59BN4. The van der Waals surface area contributed by atoms with Crippen molar-refractivity contribution in [1.82, 2.24) is 8.80 Å². The van der Waals surface area contributed by atoms with Gasteiger partial charge in [-0.05, 0) is 133 Å². The second kappa shape index (κ2) is 19.8. The number of rotatable bonds is 6. The smallest absolute Gasteiger partial charge is 0.252 e. The third-order valence-corrected chi connectivity index (χ3v) is 22.6. The molecule has 4 aromatic heterocycles. The van der Waals surface area contributed by atoms with Gasteiger partial charge in [-0.15, -0.1) is 0 Å². The van der Waals surface area contributed by atoms with E-state index in [0.717, 1.165) is 44.9 Å². The van der Waals surface area contributed by atoms with Crippen molar-refractivity contribution in [3.63, 3.8) is 0 Å². The van der Waals surface area contributed by atoms with Crippen molar-refractivity contribution < 1.29 is 0 Å². The van der Waals surface area contributed by atoms with E-state index in [1.54, 1.807) is 0 Å². The Hall–Kier alpha value is -12.4. The number of para-hydroxylation sites is 6. The van der Waals surface area contributed by atoms with Crippen LogP contribution in [0.2, 0.25) is 0 Å². The molecule has 0 N–H and O–H groups in total. The molecule has 4 bridgehead atoms. The Bertz CT molecular complexity index is 6520. The van der Waals surface area contributed by atoms with Gasteiger partial charge >= 0.3 is 0 Å². The molecule has 454 valence electrons. The first-order valence-electron chi connectivity index (χ1n) is 34.3. The molecule has 5 heteroatoms. The van der Waals surface area contributed by atoms with Gasteiger partial charge in [-0.2, -0.15) is 0 Å². The fourth-order valence-corrected chi connectivity index (χ4v) is 18.0. The van der Waals surface area contributed by atoms with E-state index in [0.29, 0.717) is 0 Å². The number of hydrogen-bond donors (Lipinski definition) is 0. The molecule has 0 radical (unpaired) electrons. The van der Waals surface area contributed by atoms with Crippen LogP contribution < -0.4 is 26.2 Å². The van der Waals surface area contributed by atoms with Crippen molar-refractivity contribution in [2.45, 2.75) is 19.3 Å². The largest absolute Gasteiger partial charge is 0.310 e. The molecule has 19 aromatic rings. The molecule has 8 heterocycles. The summed E-state index contributed by atoms with van der Waals surface area (Å²) < 4.78 is 4.98. The van der Waals surface area contributed by atoms with Crippen LogP contribution in [-0.2, 0) is 5.41 Å². The summed E-state index contributed by atoms with van der Waals surface area (Å²) in [6, 6.07) is 123. The number of anilines is 6. The van der Waals surface area contributed by atoms with E-state index in [-0.39, 0.29) is 6.71 Å². The summed E-state index contributed by atoms with van der Waals surface area (Å²) >= 11 is 0. The molecule has 0 aliphatic carbocycles. The summed E-state index contributed by atoms with van der Waals surface area (Å²) in [6.45, 7) is 4.68. The second-order valence-electron chi connectivity index (χ2n) is 27.9. The minimum Gasteiger partial charge on any atom is -0.310 e. The van der Waals surface area contributed by atoms with Gasteiger partial charge in [-0.1, -0.05) is 275 Å². The highest BCUT2D eigenvalue weighted by atomic mass is 15.2. The van der Waals surface area contributed by atoms with Crippen molar-refractivity contribution in [3.05, 3.63) is 333 Å². The Balaban J connectivity index is 0.861. The van der Waals surface area contributed by atoms with Gasteiger partial charge in [0, 0.05) is 93.5 Å². The lowest BCUT2D eigenvalue weighted by Crippen LogP contribution is -2.61. The van der Waals surface area contributed by atoms with Crippen LogP contribution in [0, 0.1) is 0 Å². The SMILES string of the molecule is CC1(C)c2ccc(cc2)-c2cccc(-c3ccccc3)c2N2c3cc(-c4ccc5c(c4)c4cccc6c7ccccc7n5c64)ccc3B3c4ccc(-c5ccc6c(c5)c5cccc7c8ccccc8n6c75)cc4N(c4c(-c5ccccc5)cccc4-c4ccccc4)c4cc1cc2c43. The Labute approximate surface area is 567 Å². The van der Waals surface area contributed by atoms with Gasteiger partial charge in [-0.3, -0.25) is 0 Å². The summed E-state index contributed by atoms with van der Waals surface area (Å²) in [6.07, 6.45) is 0. The topological polar surface area (TPSA) is 15.3 Å². The Kier molecular flexibility index (Phi) is 10.9. The van der Waals surface area contributed by atoms with Crippen molar-refractivity contribution >= 4 is 133 Å². The fraction of sp³-hybridized carbons (Fsp3) is 0.0323. The van der Waals surface area contributed by atoms with E-state index in [1.807, 2.05) is 0 Å². The van der Waals surface area contributed by atoms with Crippen LogP contribution in [0.25, 0.3) is 143 Å². The first-order valence-corrected chi connectivity index (χ1v) is 34.3. The zero-order valence-corrected chi connectivity index (χ0v) is 54.0. The lowest BCUT2D eigenvalue weighted by molar-refractivity contribution is 0.641. The fourth-order valence-electron chi connectivity index (χ4n) is 18.0. The second-order valence-corrected chi connectivity index (χ2v) is 27.9. The lowest BCUT2D eigenvalue weighted by Gasteiger charge is -2.46. The van der Waals surface area contributed by atoms with E-state index in [9.17, 15) is 0 Å². The first kappa shape index (κ1) is 53.9. The standard InChI is InChI=1S/C93H59BN4/c1-93(2)64-44-38-59(39-45-64)69-31-17-30-68(58-24-10-5-11-25-58)90(69)98-85-53-63(61-43-49-83-77(51-61)75-35-19-33-73-71-27-13-15-37-81(71)96(83)92(73)75)41-47-79(85)94-78-46-40-62(60-42-48-82-76(50-60)74-34-18-32-72-70-26-12-14-36-80(70)95(82)91(72)74)52-84(78)97(86-54-65(93)55-87(98)88(86)94)89-66(56-20-6-3-7-21-56)28-16-29-67(89)57-22-8-4-9-23-57/h3-55H,1-2H3. The highest BCUT2D eigenvalue weighted by Gasteiger charge is 2.47. The van der Waals surface area contributed by atoms with Crippen molar-refractivity contribution in [2.24, 2.45) is 0 Å². The monoisotopic (exact) mass is 1240 g/mol. The van der Waals surface area contributed by atoms with Crippen LogP contribution in [0.15, 0.2) is 322 Å².